The van der Waals surface area contributed by atoms with Gasteiger partial charge in [-0.3, -0.25) is 0 Å². The van der Waals surface area contributed by atoms with Gasteiger partial charge < -0.3 is 15.2 Å². The van der Waals surface area contributed by atoms with Gasteiger partial charge in [0.05, 0.1) is 20.3 Å². The Morgan fingerprint density at radius 3 is 2.38 bits per heavy atom. The van der Waals surface area contributed by atoms with Gasteiger partial charge in [-0.05, 0) is 35.9 Å². The number of methoxy groups -OCH3 is 2. The average Bonchev–Trinajstić information content (AvgIpc) is 2.48. The van der Waals surface area contributed by atoms with Crippen LogP contribution in [0.2, 0.25) is 5.02 Å². The second-order valence-corrected chi connectivity index (χ2v) is 6.50. The first kappa shape index (κ1) is 16.6. The summed E-state index contributed by atoms with van der Waals surface area (Å²) < 4.78 is 12.5. The Balaban J connectivity index is 2.55. The third-order valence-electron chi connectivity index (χ3n) is 3.14. The van der Waals surface area contributed by atoms with Crippen molar-refractivity contribution in [2.24, 2.45) is 5.73 Å². The Labute approximate surface area is 145 Å². The van der Waals surface area contributed by atoms with E-state index < -0.39 is 0 Å². The van der Waals surface area contributed by atoms with E-state index in [1.165, 1.54) is 0 Å². The number of benzene rings is 2. The number of nitrogens with two attached hydrogens (primary N) is 1. The first-order valence-electron chi connectivity index (χ1n) is 6.10. The predicted molar refractivity (Wildman–Crippen MR) is 92.4 cm³/mol. The summed E-state index contributed by atoms with van der Waals surface area (Å²) in [5.74, 6) is 1.08. The van der Waals surface area contributed by atoms with Crippen LogP contribution in [0.1, 0.15) is 17.2 Å². The van der Waals surface area contributed by atoms with Crippen LogP contribution in [0.25, 0.3) is 0 Å². The van der Waals surface area contributed by atoms with Crippen LogP contribution in [-0.4, -0.2) is 14.2 Å². The maximum atomic E-state index is 6.39. The molecule has 112 valence electrons. The zero-order valence-corrected chi connectivity index (χ0v) is 15.4. The molecule has 0 saturated heterocycles. The van der Waals surface area contributed by atoms with E-state index in [2.05, 4.69) is 31.9 Å². The van der Waals surface area contributed by atoms with Crippen molar-refractivity contribution in [2.45, 2.75) is 6.04 Å². The molecule has 2 aromatic carbocycles. The highest BCUT2D eigenvalue weighted by Gasteiger charge is 2.21. The monoisotopic (exact) mass is 433 g/mol. The lowest BCUT2D eigenvalue weighted by Gasteiger charge is -2.19. The van der Waals surface area contributed by atoms with Crippen molar-refractivity contribution in [3.05, 3.63) is 55.4 Å². The van der Waals surface area contributed by atoms with E-state index in [9.17, 15) is 0 Å². The summed E-state index contributed by atoms with van der Waals surface area (Å²) in [6, 6.07) is 9.12. The molecule has 6 heteroatoms. The normalized spacial score (nSPS) is 12.1. The maximum absolute atomic E-state index is 6.39. The van der Waals surface area contributed by atoms with Crippen molar-refractivity contribution in [3.63, 3.8) is 0 Å². The average molecular weight is 436 g/mol. The highest BCUT2D eigenvalue weighted by molar-refractivity contribution is 9.11. The van der Waals surface area contributed by atoms with Gasteiger partial charge in [-0.1, -0.05) is 43.5 Å². The fraction of sp³-hybridized carbons (Fsp3) is 0.200. The molecule has 0 amide bonds. The van der Waals surface area contributed by atoms with Crippen molar-refractivity contribution in [1.29, 1.82) is 0 Å². The molecule has 0 aliphatic carbocycles. The van der Waals surface area contributed by atoms with Crippen molar-refractivity contribution in [3.8, 4) is 11.5 Å². The lowest BCUT2D eigenvalue weighted by atomic mass is 9.98. The van der Waals surface area contributed by atoms with Crippen LogP contribution < -0.4 is 15.2 Å². The molecule has 0 spiro atoms. The van der Waals surface area contributed by atoms with E-state index >= 15 is 0 Å². The molecule has 2 N–H and O–H groups in total. The summed E-state index contributed by atoms with van der Waals surface area (Å²) in [5, 5.41) is 0.416. The third kappa shape index (κ3) is 3.37. The Bertz CT molecular complexity index is 664. The van der Waals surface area contributed by atoms with Crippen LogP contribution in [0.5, 0.6) is 11.5 Å². The first-order valence-corrected chi connectivity index (χ1v) is 8.07. The highest BCUT2D eigenvalue weighted by Crippen LogP contribution is 2.41. The molecule has 2 aromatic rings. The zero-order chi connectivity index (χ0) is 15.6. The molecule has 0 aliphatic rings. The first-order chi connectivity index (χ1) is 9.99. The predicted octanol–water partition coefficient (Wildman–Crippen LogP) is 4.93. The van der Waals surface area contributed by atoms with E-state index in [4.69, 9.17) is 26.8 Å². The maximum Gasteiger partial charge on any atom is 0.146 e. The Morgan fingerprint density at radius 1 is 1.05 bits per heavy atom. The van der Waals surface area contributed by atoms with E-state index in [0.29, 0.717) is 16.5 Å². The number of hydrogen-bond acceptors (Lipinski definition) is 3. The number of rotatable bonds is 4. The molecule has 0 aromatic heterocycles. The molecule has 0 heterocycles. The van der Waals surface area contributed by atoms with Crippen LogP contribution in [0.4, 0.5) is 0 Å². The molecule has 0 fully saturated rings. The van der Waals surface area contributed by atoms with E-state index in [1.807, 2.05) is 24.3 Å². The number of halogens is 3. The summed E-state index contributed by atoms with van der Waals surface area (Å²) in [5.41, 5.74) is 8.12. The Hall–Kier alpha value is -0.750. The fourth-order valence-corrected chi connectivity index (χ4v) is 3.28. The molecule has 0 bridgehead atoms. The summed E-state index contributed by atoms with van der Waals surface area (Å²) >= 11 is 13.3. The molecule has 0 radical (unpaired) electrons. The molecule has 3 nitrogen and oxygen atoms in total. The summed E-state index contributed by atoms with van der Waals surface area (Å²) in [6.45, 7) is 0. The molecule has 2 rings (SSSR count). The van der Waals surface area contributed by atoms with Gasteiger partial charge in [0.2, 0.25) is 0 Å². The van der Waals surface area contributed by atoms with E-state index in [1.54, 1.807) is 20.3 Å². The van der Waals surface area contributed by atoms with Crippen LogP contribution in [0.15, 0.2) is 39.3 Å². The lowest BCUT2D eigenvalue weighted by molar-refractivity contribution is 0.390. The summed E-state index contributed by atoms with van der Waals surface area (Å²) in [7, 11) is 3.12. The smallest absolute Gasteiger partial charge is 0.146 e. The van der Waals surface area contributed by atoms with Crippen molar-refractivity contribution >= 4 is 43.5 Å². The largest absolute Gasteiger partial charge is 0.495 e. The molecular weight excluding hydrogens is 421 g/mol. The standard InChI is InChI=1S/C15H14Br2ClNO2/c1-20-12-6-4-9(15(21-2)13(12)18)14(19)10-7-8(16)3-5-11(10)17/h3-7,14H,19H2,1-2H3. The molecule has 1 unspecified atom stereocenters. The quantitative estimate of drug-likeness (QED) is 0.741. The van der Waals surface area contributed by atoms with Gasteiger partial charge in [0.15, 0.2) is 0 Å². The molecule has 0 aliphatic heterocycles. The number of hydrogen-bond donors (Lipinski definition) is 1. The molecule has 21 heavy (non-hydrogen) atoms. The van der Waals surface area contributed by atoms with Crippen LogP contribution in [-0.2, 0) is 0 Å². The van der Waals surface area contributed by atoms with Crippen molar-refractivity contribution in [2.75, 3.05) is 14.2 Å². The molecule has 1 atom stereocenters. The highest BCUT2D eigenvalue weighted by atomic mass is 79.9. The second kappa shape index (κ2) is 7.01. The minimum absolute atomic E-state index is 0.379. The number of ether oxygens (including phenoxy) is 2. The minimum Gasteiger partial charge on any atom is -0.495 e. The third-order valence-corrected chi connectivity index (χ3v) is 4.72. The van der Waals surface area contributed by atoms with Crippen LogP contribution in [0, 0.1) is 0 Å². The van der Waals surface area contributed by atoms with Gasteiger partial charge in [0.25, 0.3) is 0 Å². The topological polar surface area (TPSA) is 44.5 Å². The fourth-order valence-electron chi connectivity index (χ4n) is 2.08. The summed E-state index contributed by atoms with van der Waals surface area (Å²) in [4.78, 5) is 0. The molecular formula is C15H14Br2ClNO2. The summed E-state index contributed by atoms with van der Waals surface area (Å²) in [6.07, 6.45) is 0. The second-order valence-electron chi connectivity index (χ2n) is 4.35. The van der Waals surface area contributed by atoms with Gasteiger partial charge in [-0.15, -0.1) is 0 Å². The van der Waals surface area contributed by atoms with Gasteiger partial charge in [0, 0.05) is 14.5 Å². The lowest BCUT2D eigenvalue weighted by Crippen LogP contribution is -2.14. The van der Waals surface area contributed by atoms with Gasteiger partial charge in [-0.2, -0.15) is 0 Å². The van der Waals surface area contributed by atoms with Gasteiger partial charge >= 0.3 is 0 Å². The van der Waals surface area contributed by atoms with E-state index in [-0.39, 0.29) is 6.04 Å². The Morgan fingerprint density at radius 2 is 1.76 bits per heavy atom. The van der Waals surface area contributed by atoms with Crippen molar-refractivity contribution in [1.82, 2.24) is 0 Å². The van der Waals surface area contributed by atoms with Gasteiger partial charge in [0.1, 0.15) is 16.5 Å². The van der Waals surface area contributed by atoms with E-state index in [0.717, 1.165) is 20.1 Å². The van der Waals surface area contributed by atoms with Crippen molar-refractivity contribution < 1.29 is 9.47 Å². The SMILES string of the molecule is COc1ccc(C(N)c2cc(Br)ccc2Br)c(OC)c1Cl. The molecule has 0 saturated carbocycles. The minimum atomic E-state index is -0.379. The van der Waals surface area contributed by atoms with Gasteiger partial charge in [-0.25, -0.2) is 0 Å². The Kier molecular flexibility index (Phi) is 5.54. The van der Waals surface area contributed by atoms with Crippen LogP contribution >= 0.6 is 43.5 Å². The zero-order valence-electron chi connectivity index (χ0n) is 11.5. The van der Waals surface area contributed by atoms with Crippen LogP contribution in [0.3, 0.4) is 0 Å².